The number of benzene rings is 2. The van der Waals surface area contributed by atoms with Gasteiger partial charge in [-0.15, -0.1) is 0 Å². The Morgan fingerprint density at radius 2 is 2.08 bits per heavy atom. The maximum absolute atomic E-state index is 12.6. The molecule has 0 saturated carbocycles. The number of carbonyl (C=O) groups is 1. The molecule has 0 fully saturated rings. The molecule has 1 unspecified atom stereocenters. The first-order valence-corrected chi connectivity index (χ1v) is 8.35. The topological polar surface area (TPSA) is 57.8 Å². The van der Waals surface area contributed by atoms with Crippen LogP contribution in [0.3, 0.4) is 0 Å². The average molecular weight is 336 g/mol. The van der Waals surface area contributed by atoms with Gasteiger partial charge in [0.2, 0.25) is 0 Å². The monoisotopic (exact) mass is 335 g/mol. The minimum absolute atomic E-state index is 0.117. The fourth-order valence-electron chi connectivity index (χ4n) is 3.91. The third-order valence-electron chi connectivity index (χ3n) is 4.93. The molecular weight excluding hydrogens is 322 g/mol. The van der Waals surface area contributed by atoms with Crippen molar-refractivity contribution in [2.24, 2.45) is 0 Å². The molecular formula is C19H14ClN3O. The number of aromatic amines is 1. The van der Waals surface area contributed by atoms with Gasteiger partial charge < -0.3 is 5.32 Å². The molecule has 2 aliphatic rings. The maximum atomic E-state index is 12.6. The average Bonchev–Trinajstić information content (AvgIpc) is 3.20. The summed E-state index contributed by atoms with van der Waals surface area (Å²) in [5.74, 6) is 0.0961. The molecule has 0 radical (unpaired) electrons. The summed E-state index contributed by atoms with van der Waals surface area (Å²) in [5, 5.41) is 12.5. The molecule has 24 heavy (non-hydrogen) atoms. The Morgan fingerprint density at radius 1 is 1.17 bits per heavy atom. The van der Waals surface area contributed by atoms with Crippen LogP contribution in [-0.4, -0.2) is 16.0 Å². The van der Waals surface area contributed by atoms with E-state index in [0.717, 1.165) is 45.4 Å². The number of ketones is 1. The van der Waals surface area contributed by atoms with Crippen LogP contribution in [0, 0.1) is 0 Å². The highest BCUT2D eigenvalue weighted by molar-refractivity contribution is 6.30. The Hall–Kier alpha value is -2.59. The van der Waals surface area contributed by atoms with Crippen LogP contribution in [0.5, 0.6) is 0 Å². The lowest BCUT2D eigenvalue weighted by molar-refractivity contribution is -0.115. The number of hydrogen-bond acceptors (Lipinski definition) is 3. The van der Waals surface area contributed by atoms with E-state index in [1.54, 1.807) is 0 Å². The molecule has 1 aromatic heterocycles. The summed E-state index contributed by atoms with van der Waals surface area (Å²) < 4.78 is 0. The minimum atomic E-state index is -0.117. The van der Waals surface area contributed by atoms with E-state index in [4.69, 9.17) is 11.6 Å². The zero-order chi connectivity index (χ0) is 16.3. The van der Waals surface area contributed by atoms with Crippen LogP contribution in [0.2, 0.25) is 5.02 Å². The van der Waals surface area contributed by atoms with Crippen LogP contribution in [0.25, 0.3) is 10.9 Å². The SMILES string of the molecule is O=C1CCC2=C1C(c1cccc(Cl)c1)c1c(ccc3cn[nH]c13)N2. The van der Waals surface area contributed by atoms with E-state index < -0.39 is 0 Å². The van der Waals surface area contributed by atoms with Crippen molar-refractivity contribution in [1.82, 2.24) is 10.2 Å². The molecule has 2 heterocycles. The van der Waals surface area contributed by atoms with Gasteiger partial charge in [0, 0.05) is 45.3 Å². The lowest BCUT2D eigenvalue weighted by Gasteiger charge is -2.29. The summed E-state index contributed by atoms with van der Waals surface area (Å²) in [5.41, 5.74) is 6.01. The number of halogens is 1. The van der Waals surface area contributed by atoms with Crippen LogP contribution in [0.1, 0.15) is 29.9 Å². The Morgan fingerprint density at radius 3 is 2.96 bits per heavy atom. The van der Waals surface area contributed by atoms with Crippen molar-refractivity contribution in [2.45, 2.75) is 18.8 Å². The second kappa shape index (κ2) is 4.95. The van der Waals surface area contributed by atoms with Crippen LogP contribution < -0.4 is 5.32 Å². The number of H-pyrrole nitrogens is 1. The number of nitrogens with zero attached hydrogens (tertiary/aromatic N) is 1. The van der Waals surface area contributed by atoms with Crippen molar-refractivity contribution < 1.29 is 4.79 Å². The van der Waals surface area contributed by atoms with Gasteiger partial charge in [-0.3, -0.25) is 9.89 Å². The van der Waals surface area contributed by atoms with Crippen LogP contribution in [-0.2, 0) is 4.79 Å². The van der Waals surface area contributed by atoms with Gasteiger partial charge in [-0.25, -0.2) is 0 Å². The van der Waals surface area contributed by atoms with Crippen LogP contribution >= 0.6 is 11.6 Å². The van der Waals surface area contributed by atoms with Crippen molar-refractivity contribution in [1.29, 1.82) is 0 Å². The number of anilines is 1. The molecule has 4 nitrogen and oxygen atoms in total. The predicted molar refractivity (Wildman–Crippen MR) is 94.3 cm³/mol. The summed E-state index contributed by atoms with van der Waals surface area (Å²) in [6.07, 6.45) is 3.14. The molecule has 3 aromatic rings. The second-order valence-corrected chi connectivity index (χ2v) is 6.73. The number of rotatable bonds is 1. The van der Waals surface area contributed by atoms with Gasteiger partial charge in [0.25, 0.3) is 0 Å². The van der Waals surface area contributed by atoms with Gasteiger partial charge >= 0.3 is 0 Å². The van der Waals surface area contributed by atoms with E-state index >= 15 is 0 Å². The summed E-state index contributed by atoms with van der Waals surface area (Å²) in [6, 6.07) is 11.9. The van der Waals surface area contributed by atoms with Gasteiger partial charge in [-0.1, -0.05) is 23.7 Å². The molecule has 0 bridgehead atoms. The molecule has 2 N–H and O–H groups in total. The van der Waals surface area contributed by atoms with E-state index in [2.05, 4.69) is 21.6 Å². The van der Waals surface area contributed by atoms with Gasteiger partial charge in [0.05, 0.1) is 11.7 Å². The highest BCUT2D eigenvalue weighted by atomic mass is 35.5. The van der Waals surface area contributed by atoms with Gasteiger partial charge in [-0.05, 0) is 36.2 Å². The molecule has 0 spiro atoms. The second-order valence-electron chi connectivity index (χ2n) is 6.29. The zero-order valence-electron chi connectivity index (χ0n) is 12.8. The molecule has 0 amide bonds. The number of aromatic nitrogens is 2. The Balaban J connectivity index is 1.84. The molecule has 118 valence electrons. The molecule has 1 atom stereocenters. The number of carbonyl (C=O) groups excluding carboxylic acids is 1. The van der Waals surface area contributed by atoms with E-state index in [0.29, 0.717) is 11.4 Å². The number of Topliss-reactive ketones (excluding diaryl/α,β-unsaturated/α-hetero) is 1. The van der Waals surface area contributed by atoms with Gasteiger partial charge in [0.15, 0.2) is 5.78 Å². The fraction of sp³-hybridized carbons (Fsp3) is 0.158. The zero-order valence-corrected chi connectivity index (χ0v) is 13.5. The molecule has 0 saturated heterocycles. The van der Waals surface area contributed by atoms with E-state index in [-0.39, 0.29) is 11.7 Å². The lowest BCUT2D eigenvalue weighted by atomic mass is 9.80. The lowest BCUT2D eigenvalue weighted by Crippen LogP contribution is -2.19. The first-order valence-electron chi connectivity index (χ1n) is 7.97. The number of hydrogen-bond donors (Lipinski definition) is 2. The predicted octanol–water partition coefficient (Wildman–Crippen LogP) is 4.39. The van der Waals surface area contributed by atoms with Crippen molar-refractivity contribution in [3.05, 3.63) is 70.0 Å². The van der Waals surface area contributed by atoms with Gasteiger partial charge in [-0.2, -0.15) is 5.10 Å². The third kappa shape index (κ3) is 1.86. The Bertz CT molecular complexity index is 1030. The van der Waals surface area contributed by atoms with E-state index in [1.807, 2.05) is 36.5 Å². The highest BCUT2D eigenvalue weighted by Gasteiger charge is 2.37. The summed E-state index contributed by atoms with van der Waals surface area (Å²) in [4.78, 5) is 12.6. The third-order valence-corrected chi connectivity index (χ3v) is 5.17. The van der Waals surface area contributed by atoms with Crippen molar-refractivity contribution in [3.8, 4) is 0 Å². The standard InChI is InChI=1S/C19H14ClN3O/c20-12-3-1-2-10(8-12)16-17-13(6-7-15(17)24)22-14-5-4-11-9-21-23-19(11)18(14)16/h1-5,8-9,16,22H,6-7H2,(H,21,23). The quantitative estimate of drug-likeness (QED) is 0.693. The van der Waals surface area contributed by atoms with E-state index in [1.165, 1.54) is 0 Å². The smallest absolute Gasteiger partial charge is 0.161 e. The molecule has 5 heteroatoms. The number of nitrogens with one attached hydrogen (secondary N) is 2. The number of fused-ring (bicyclic) bond motifs is 3. The van der Waals surface area contributed by atoms with Crippen molar-refractivity contribution in [3.63, 3.8) is 0 Å². The fourth-order valence-corrected chi connectivity index (χ4v) is 4.11. The highest BCUT2D eigenvalue weighted by Crippen LogP contribution is 2.48. The number of allylic oxidation sites excluding steroid dienone is 2. The molecule has 2 aromatic carbocycles. The molecule has 5 rings (SSSR count). The summed E-state index contributed by atoms with van der Waals surface area (Å²) in [7, 11) is 0. The van der Waals surface area contributed by atoms with Crippen molar-refractivity contribution >= 4 is 34.0 Å². The Labute approximate surface area is 143 Å². The normalized spacial score (nSPS) is 19.4. The van der Waals surface area contributed by atoms with Crippen LogP contribution in [0.15, 0.2) is 53.9 Å². The summed E-state index contributed by atoms with van der Waals surface area (Å²) in [6.45, 7) is 0. The maximum Gasteiger partial charge on any atom is 0.161 e. The Kier molecular flexibility index (Phi) is 2.85. The molecule has 1 aliphatic carbocycles. The first kappa shape index (κ1) is 13.8. The minimum Gasteiger partial charge on any atom is -0.358 e. The summed E-state index contributed by atoms with van der Waals surface area (Å²) >= 11 is 6.23. The van der Waals surface area contributed by atoms with E-state index in [9.17, 15) is 4.79 Å². The van der Waals surface area contributed by atoms with Crippen LogP contribution in [0.4, 0.5) is 5.69 Å². The van der Waals surface area contributed by atoms with Gasteiger partial charge in [0.1, 0.15) is 0 Å². The van der Waals surface area contributed by atoms with Crippen molar-refractivity contribution in [2.75, 3.05) is 5.32 Å². The molecule has 1 aliphatic heterocycles. The largest absolute Gasteiger partial charge is 0.358 e. The first-order chi connectivity index (χ1) is 11.7.